The summed E-state index contributed by atoms with van der Waals surface area (Å²) in [5.74, 6) is 0. The first kappa shape index (κ1) is 17.2. The highest BCUT2D eigenvalue weighted by Gasteiger charge is 2.08. The Kier molecular flexibility index (Phi) is 5.11. The quantitative estimate of drug-likeness (QED) is 0.675. The number of benzene rings is 1. The van der Waals surface area contributed by atoms with Crippen LogP contribution < -0.4 is 5.56 Å². The highest BCUT2D eigenvalue weighted by molar-refractivity contribution is 6.42. The molecule has 0 spiro atoms. The monoisotopic (exact) mass is 381 g/mol. The molecular weight excluding hydrogens is 369 g/mol. The number of nitrogens with zero attached hydrogens (tertiary/aromatic N) is 3. The molecule has 1 aromatic carbocycles. The smallest absolute Gasteiger partial charge is 0.258 e. The predicted molar refractivity (Wildman–Crippen MR) is 98.1 cm³/mol. The number of aromatic nitrogens is 2. The lowest BCUT2D eigenvalue weighted by molar-refractivity contribution is 0.315. The van der Waals surface area contributed by atoms with Crippen LogP contribution in [-0.4, -0.2) is 21.3 Å². The van der Waals surface area contributed by atoms with Crippen LogP contribution in [0.4, 0.5) is 0 Å². The second kappa shape index (κ2) is 7.11. The van der Waals surface area contributed by atoms with Gasteiger partial charge in [-0.3, -0.25) is 14.1 Å². The molecule has 24 heavy (non-hydrogen) atoms. The van der Waals surface area contributed by atoms with Gasteiger partial charge in [0.05, 0.1) is 20.8 Å². The molecule has 0 unspecified atom stereocenters. The molecule has 0 saturated carbocycles. The molecular formula is C17H14Cl3N3O. The molecule has 0 aliphatic heterocycles. The van der Waals surface area contributed by atoms with Crippen LogP contribution in [0.5, 0.6) is 0 Å². The first-order valence-corrected chi connectivity index (χ1v) is 8.36. The van der Waals surface area contributed by atoms with Crippen LogP contribution >= 0.6 is 34.8 Å². The Labute approximate surface area is 154 Å². The third kappa shape index (κ3) is 3.90. The zero-order valence-electron chi connectivity index (χ0n) is 12.8. The van der Waals surface area contributed by atoms with Gasteiger partial charge in [-0.15, -0.1) is 0 Å². The van der Waals surface area contributed by atoms with E-state index in [-0.39, 0.29) is 5.56 Å². The van der Waals surface area contributed by atoms with Gasteiger partial charge in [0.2, 0.25) is 0 Å². The van der Waals surface area contributed by atoms with Crippen LogP contribution in [0.25, 0.3) is 5.65 Å². The molecule has 3 aromatic rings. The second-order valence-corrected chi connectivity index (χ2v) is 6.83. The van der Waals surface area contributed by atoms with Crippen molar-refractivity contribution in [2.75, 3.05) is 7.05 Å². The first-order valence-electron chi connectivity index (χ1n) is 7.23. The van der Waals surface area contributed by atoms with E-state index in [1.165, 1.54) is 10.5 Å². The summed E-state index contributed by atoms with van der Waals surface area (Å²) in [5, 5.41) is 1.56. The minimum atomic E-state index is -0.152. The van der Waals surface area contributed by atoms with Crippen molar-refractivity contribution >= 4 is 40.4 Å². The molecule has 0 fully saturated rings. The molecule has 4 nitrogen and oxygen atoms in total. The first-order chi connectivity index (χ1) is 11.4. The Morgan fingerprint density at radius 3 is 2.58 bits per heavy atom. The third-order valence-corrected chi connectivity index (χ3v) is 4.51. The Morgan fingerprint density at radius 1 is 1.04 bits per heavy atom. The molecule has 0 saturated heterocycles. The van der Waals surface area contributed by atoms with E-state index in [1.54, 1.807) is 24.4 Å². The standard InChI is InChI=1S/C17H14Cl3N3O/c1-22(8-11-2-4-14(19)15(20)6-11)10-13-7-17(24)23-9-12(18)3-5-16(23)21-13/h2-7,9H,8,10H2,1H3. The van der Waals surface area contributed by atoms with Crippen molar-refractivity contribution in [2.24, 2.45) is 0 Å². The molecule has 0 bridgehead atoms. The van der Waals surface area contributed by atoms with Gasteiger partial charge in [0.25, 0.3) is 5.56 Å². The van der Waals surface area contributed by atoms with E-state index >= 15 is 0 Å². The fraction of sp³-hybridized carbons (Fsp3) is 0.176. The fourth-order valence-corrected chi connectivity index (χ4v) is 2.97. The average Bonchev–Trinajstić information content (AvgIpc) is 2.52. The summed E-state index contributed by atoms with van der Waals surface area (Å²) < 4.78 is 1.44. The second-order valence-electron chi connectivity index (χ2n) is 5.58. The molecule has 0 N–H and O–H groups in total. The lowest BCUT2D eigenvalue weighted by Crippen LogP contribution is -2.21. The van der Waals surface area contributed by atoms with Crippen molar-refractivity contribution < 1.29 is 0 Å². The Bertz CT molecular complexity index is 955. The SMILES string of the molecule is CN(Cc1ccc(Cl)c(Cl)c1)Cc1cc(=O)n2cc(Cl)ccc2n1. The number of pyridine rings is 1. The summed E-state index contributed by atoms with van der Waals surface area (Å²) in [6.07, 6.45) is 1.56. The molecule has 7 heteroatoms. The molecule has 0 atom stereocenters. The maximum Gasteiger partial charge on any atom is 0.258 e. The Hall–Kier alpha value is -1.59. The number of halogens is 3. The number of hydrogen-bond donors (Lipinski definition) is 0. The molecule has 3 rings (SSSR count). The predicted octanol–water partition coefficient (Wildman–Crippen LogP) is 4.29. The van der Waals surface area contributed by atoms with Crippen LogP contribution in [0.1, 0.15) is 11.3 Å². The average molecular weight is 383 g/mol. The zero-order chi connectivity index (χ0) is 17.3. The van der Waals surface area contributed by atoms with Gasteiger partial charge in [-0.05, 0) is 36.9 Å². The summed E-state index contributed by atoms with van der Waals surface area (Å²) in [7, 11) is 1.95. The largest absolute Gasteiger partial charge is 0.296 e. The summed E-state index contributed by atoms with van der Waals surface area (Å²) in [4.78, 5) is 18.7. The minimum absolute atomic E-state index is 0.152. The van der Waals surface area contributed by atoms with Crippen LogP contribution in [0.15, 0.2) is 47.4 Å². The third-order valence-electron chi connectivity index (χ3n) is 3.54. The molecule has 0 aliphatic carbocycles. The van der Waals surface area contributed by atoms with Gasteiger partial charge >= 0.3 is 0 Å². The number of fused-ring (bicyclic) bond motifs is 1. The summed E-state index contributed by atoms with van der Waals surface area (Å²) in [5.41, 5.74) is 2.16. The molecule has 124 valence electrons. The molecule has 0 radical (unpaired) electrons. The van der Waals surface area contributed by atoms with Crippen LogP contribution in [0, 0.1) is 0 Å². The minimum Gasteiger partial charge on any atom is -0.296 e. The highest BCUT2D eigenvalue weighted by atomic mass is 35.5. The molecule has 2 aromatic heterocycles. The van der Waals surface area contributed by atoms with Gasteiger partial charge in [-0.25, -0.2) is 4.98 Å². The Morgan fingerprint density at radius 2 is 1.83 bits per heavy atom. The maximum absolute atomic E-state index is 12.2. The van der Waals surface area contributed by atoms with E-state index in [0.717, 1.165) is 5.56 Å². The summed E-state index contributed by atoms with van der Waals surface area (Å²) in [6.45, 7) is 1.20. The Balaban J connectivity index is 1.80. The van der Waals surface area contributed by atoms with Crippen molar-refractivity contribution in [3.05, 3.63) is 79.3 Å². The number of rotatable bonds is 4. The fourth-order valence-electron chi connectivity index (χ4n) is 2.49. The lowest BCUT2D eigenvalue weighted by Gasteiger charge is -2.17. The van der Waals surface area contributed by atoms with Gasteiger partial charge < -0.3 is 0 Å². The van der Waals surface area contributed by atoms with E-state index in [0.29, 0.717) is 39.5 Å². The van der Waals surface area contributed by atoms with Crippen molar-refractivity contribution in [3.8, 4) is 0 Å². The topological polar surface area (TPSA) is 37.6 Å². The molecule has 0 amide bonds. The van der Waals surface area contributed by atoms with Gasteiger partial charge in [0.1, 0.15) is 5.65 Å². The maximum atomic E-state index is 12.2. The van der Waals surface area contributed by atoms with Crippen molar-refractivity contribution in [1.82, 2.24) is 14.3 Å². The molecule has 2 heterocycles. The van der Waals surface area contributed by atoms with Gasteiger partial charge in [0, 0.05) is 25.4 Å². The van der Waals surface area contributed by atoms with Crippen LogP contribution in [-0.2, 0) is 13.1 Å². The van der Waals surface area contributed by atoms with Crippen LogP contribution in [0.3, 0.4) is 0 Å². The van der Waals surface area contributed by atoms with E-state index in [1.807, 2.05) is 24.1 Å². The van der Waals surface area contributed by atoms with Gasteiger partial charge in [-0.2, -0.15) is 0 Å². The summed E-state index contributed by atoms with van der Waals surface area (Å²) >= 11 is 17.9. The normalized spacial score (nSPS) is 11.4. The highest BCUT2D eigenvalue weighted by Crippen LogP contribution is 2.23. The van der Waals surface area contributed by atoms with Crippen LogP contribution in [0.2, 0.25) is 15.1 Å². The van der Waals surface area contributed by atoms with Crippen molar-refractivity contribution in [3.63, 3.8) is 0 Å². The van der Waals surface area contributed by atoms with E-state index in [4.69, 9.17) is 34.8 Å². The van der Waals surface area contributed by atoms with E-state index < -0.39 is 0 Å². The van der Waals surface area contributed by atoms with E-state index in [9.17, 15) is 4.79 Å². The van der Waals surface area contributed by atoms with Gasteiger partial charge in [0.15, 0.2) is 0 Å². The van der Waals surface area contributed by atoms with Crippen molar-refractivity contribution in [1.29, 1.82) is 0 Å². The molecule has 0 aliphatic rings. The lowest BCUT2D eigenvalue weighted by atomic mass is 10.2. The van der Waals surface area contributed by atoms with Crippen molar-refractivity contribution in [2.45, 2.75) is 13.1 Å². The van der Waals surface area contributed by atoms with Gasteiger partial charge in [-0.1, -0.05) is 40.9 Å². The van der Waals surface area contributed by atoms with E-state index in [2.05, 4.69) is 4.98 Å². The zero-order valence-corrected chi connectivity index (χ0v) is 15.1. The summed E-state index contributed by atoms with van der Waals surface area (Å²) in [6, 6.07) is 10.5. The number of hydrogen-bond acceptors (Lipinski definition) is 3.